The van der Waals surface area contributed by atoms with E-state index < -0.39 is 10.0 Å². The molecule has 0 amide bonds. The number of sulfonamides is 1. The van der Waals surface area contributed by atoms with Gasteiger partial charge in [0.2, 0.25) is 10.0 Å². The van der Waals surface area contributed by atoms with Crippen LogP contribution in [-0.4, -0.2) is 22.0 Å². The molecule has 102 valence electrons. The monoisotopic (exact) mass is 288 g/mol. The molecule has 18 heavy (non-hydrogen) atoms. The molecule has 0 aromatic carbocycles. The van der Waals surface area contributed by atoms with Crippen LogP contribution in [0.1, 0.15) is 25.1 Å². The minimum absolute atomic E-state index is 0.301. The standard InChI is InChI=1S/C12H20N2O2S2/c1-12(2)6-9(12)7-14-18(15,16)11-5-4-10(17-11)8-13-3/h4-5,9,13-14H,6-8H2,1-3H3. The lowest BCUT2D eigenvalue weighted by Crippen LogP contribution is -2.26. The molecule has 1 aliphatic rings. The molecule has 2 N–H and O–H groups in total. The van der Waals surface area contributed by atoms with E-state index in [1.165, 1.54) is 11.3 Å². The Balaban J connectivity index is 1.97. The Morgan fingerprint density at radius 2 is 2.11 bits per heavy atom. The molecule has 1 unspecified atom stereocenters. The van der Waals surface area contributed by atoms with Crippen LogP contribution in [0.15, 0.2) is 16.3 Å². The van der Waals surface area contributed by atoms with Crippen LogP contribution in [0.4, 0.5) is 0 Å². The van der Waals surface area contributed by atoms with E-state index in [1.54, 1.807) is 6.07 Å². The molecule has 1 aliphatic carbocycles. The Bertz CT molecular complexity index is 520. The van der Waals surface area contributed by atoms with Gasteiger partial charge >= 0.3 is 0 Å². The van der Waals surface area contributed by atoms with E-state index in [1.807, 2.05) is 13.1 Å². The van der Waals surface area contributed by atoms with Crippen molar-refractivity contribution in [1.29, 1.82) is 0 Å². The minimum atomic E-state index is -3.32. The topological polar surface area (TPSA) is 58.2 Å². The maximum Gasteiger partial charge on any atom is 0.250 e. The maximum absolute atomic E-state index is 12.1. The summed E-state index contributed by atoms with van der Waals surface area (Å²) in [6, 6.07) is 3.54. The Morgan fingerprint density at radius 1 is 1.44 bits per heavy atom. The maximum atomic E-state index is 12.1. The zero-order valence-electron chi connectivity index (χ0n) is 11.0. The molecule has 1 heterocycles. The van der Waals surface area contributed by atoms with Crippen molar-refractivity contribution in [3.8, 4) is 0 Å². The minimum Gasteiger partial charge on any atom is -0.315 e. The molecule has 4 nitrogen and oxygen atoms in total. The van der Waals surface area contributed by atoms with Crippen LogP contribution in [0.2, 0.25) is 0 Å². The first kappa shape index (κ1) is 14.0. The molecule has 0 bridgehead atoms. The Morgan fingerprint density at radius 3 is 2.67 bits per heavy atom. The molecule has 1 saturated carbocycles. The summed E-state index contributed by atoms with van der Waals surface area (Å²) < 4.78 is 27.3. The van der Waals surface area contributed by atoms with Crippen molar-refractivity contribution in [2.75, 3.05) is 13.6 Å². The van der Waals surface area contributed by atoms with Gasteiger partial charge in [-0.15, -0.1) is 11.3 Å². The first-order valence-corrected chi connectivity index (χ1v) is 8.38. The first-order valence-electron chi connectivity index (χ1n) is 6.08. The molecule has 1 aromatic rings. The van der Waals surface area contributed by atoms with Crippen molar-refractivity contribution in [2.45, 2.75) is 31.0 Å². The highest BCUT2D eigenvalue weighted by molar-refractivity contribution is 7.91. The molecule has 2 rings (SSSR count). The predicted molar refractivity (Wildman–Crippen MR) is 74.2 cm³/mol. The summed E-state index contributed by atoms with van der Waals surface area (Å²) in [5, 5.41) is 3.01. The summed E-state index contributed by atoms with van der Waals surface area (Å²) in [4.78, 5) is 1.03. The SMILES string of the molecule is CNCc1ccc(S(=O)(=O)NCC2CC2(C)C)s1. The fraction of sp³-hybridized carbons (Fsp3) is 0.667. The average molecular weight is 288 g/mol. The van der Waals surface area contributed by atoms with Crippen molar-refractivity contribution in [3.63, 3.8) is 0 Å². The van der Waals surface area contributed by atoms with Crippen molar-refractivity contribution in [1.82, 2.24) is 10.0 Å². The van der Waals surface area contributed by atoms with Crippen molar-refractivity contribution in [3.05, 3.63) is 17.0 Å². The van der Waals surface area contributed by atoms with E-state index >= 15 is 0 Å². The van der Waals surface area contributed by atoms with Crippen LogP contribution >= 0.6 is 11.3 Å². The van der Waals surface area contributed by atoms with Crippen LogP contribution in [0.5, 0.6) is 0 Å². The van der Waals surface area contributed by atoms with E-state index in [9.17, 15) is 8.42 Å². The van der Waals surface area contributed by atoms with Crippen molar-refractivity contribution in [2.24, 2.45) is 11.3 Å². The fourth-order valence-electron chi connectivity index (χ4n) is 1.98. The summed E-state index contributed by atoms with van der Waals surface area (Å²) >= 11 is 1.32. The number of hydrogen-bond donors (Lipinski definition) is 2. The molecular weight excluding hydrogens is 268 g/mol. The van der Waals surface area contributed by atoms with Gasteiger partial charge in [-0.1, -0.05) is 13.8 Å². The number of nitrogens with one attached hydrogen (secondary N) is 2. The van der Waals surface area contributed by atoms with E-state index in [2.05, 4.69) is 23.9 Å². The van der Waals surface area contributed by atoms with Crippen LogP contribution in [0.3, 0.4) is 0 Å². The van der Waals surface area contributed by atoms with E-state index in [0.717, 1.165) is 11.3 Å². The third kappa shape index (κ3) is 3.12. The van der Waals surface area contributed by atoms with Crippen LogP contribution in [0, 0.1) is 11.3 Å². The molecular formula is C12H20N2O2S2. The molecule has 6 heteroatoms. The van der Waals surface area contributed by atoms with Crippen molar-refractivity contribution >= 4 is 21.4 Å². The Labute approximate surface area is 113 Å². The molecule has 1 atom stereocenters. The Hall–Kier alpha value is -0.430. The zero-order chi connectivity index (χ0) is 13.4. The van der Waals surface area contributed by atoms with Crippen molar-refractivity contribution < 1.29 is 8.42 Å². The second kappa shape index (κ2) is 4.92. The third-order valence-electron chi connectivity index (χ3n) is 3.49. The van der Waals surface area contributed by atoms with Gasteiger partial charge in [0.25, 0.3) is 0 Å². The van der Waals surface area contributed by atoms with Gasteiger partial charge in [-0.05, 0) is 36.9 Å². The predicted octanol–water partition coefficient (Wildman–Crippen LogP) is 1.79. The Kier molecular flexibility index (Phi) is 3.82. The number of rotatable bonds is 6. The smallest absolute Gasteiger partial charge is 0.250 e. The van der Waals surface area contributed by atoms with E-state index in [-0.39, 0.29) is 0 Å². The third-order valence-corrected chi connectivity index (χ3v) is 6.49. The number of thiophene rings is 1. The molecule has 0 spiro atoms. The number of hydrogen-bond acceptors (Lipinski definition) is 4. The van der Waals surface area contributed by atoms with Crippen LogP contribution < -0.4 is 10.0 Å². The van der Waals surface area contributed by atoms with Gasteiger partial charge in [-0.2, -0.15) is 0 Å². The highest BCUT2D eigenvalue weighted by Crippen LogP contribution is 2.51. The second-order valence-electron chi connectivity index (χ2n) is 5.49. The highest BCUT2D eigenvalue weighted by atomic mass is 32.2. The lowest BCUT2D eigenvalue weighted by atomic mass is 10.1. The summed E-state index contributed by atoms with van der Waals surface area (Å²) in [7, 11) is -1.47. The first-order chi connectivity index (χ1) is 8.35. The van der Waals surface area contributed by atoms with Gasteiger partial charge in [-0.25, -0.2) is 13.1 Å². The van der Waals surface area contributed by atoms with Gasteiger partial charge in [0, 0.05) is 18.0 Å². The zero-order valence-corrected chi connectivity index (χ0v) is 12.6. The summed E-state index contributed by atoms with van der Waals surface area (Å²) in [5.74, 6) is 0.476. The molecule has 0 saturated heterocycles. The summed E-state index contributed by atoms with van der Waals surface area (Å²) in [5.41, 5.74) is 0.301. The fourth-order valence-corrected chi connectivity index (χ4v) is 4.47. The lowest BCUT2D eigenvalue weighted by Gasteiger charge is -2.05. The van der Waals surface area contributed by atoms with Crippen LogP contribution in [0.25, 0.3) is 0 Å². The summed E-state index contributed by atoms with van der Waals surface area (Å²) in [6.07, 6.45) is 1.10. The molecule has 0 radical (unpaired) electrons. The van der Waals surface area contributed by atoms with E-state index in [0.29, 0.717) is 28.6 Å². The highest BCUT2D eigenvalue weighted by Gasteiger charge is 2.45. The molecule has 1 fully saturated rings. The quantitative estimate of drug-likeness (QED) is 0.839. The van der Waals surface area contributed by atoms with Gasteiger partial charge in [0.1, 0.15) is 4.21 Å². The largest absolute Gasteiger partial charge is 0.315 e. The molecule has 0 aliphatic heterocycles. The average Bonchev–Trinajstić information content (AvgIpc) is 2.71. The summed E-state index contributed by atoms with van der Waals surface area (Å²) in [6.45, 7) is 5.59. The van der Waals surface area contributed by atoms with Gasteiger partial charge in [-0.3, -0.25) is 0 Å². The van der Waals surface area contributed by atoms with E-state index in [4.69, 9.17) is 0 Å². The van der Waals surface area contributed by atoms with Gasteiger partial charge in [0.15, 0.2) is 0 Å². The van der Waals surface area contributed by atoms with Gasteiger partial charge in [0.05, 0.1) is 0 Å². The second-order valence-corrected chi connectivity index (χ2v) is 8.65. The molecule has 1 aromatic heterocycles. The lowest BCUT2D eigenvalue weighted by molar-refractivity contribution is 0.538. The van der Waals surface area contributed by atoms with Crippen LogP contribution in [-0.2, 0) is 16.6 Å². The normalized spacial score (nSPS) is 22.1. The van der Waals surface area contributed by atoms with Gasteiger partial charge < -0.3 is 5.32 Å².